The van der Waals surface area contributed by atoms with Crippen LogP contribution in [-0.4, -0.2) is 81.2 Å². The Balaban J connectivity index is 0.00000400. The zero-order valence-electron chi connectivity index (χ0n) is 19.1. The summed E-state index contributed by atoms with van der Waals surface area (Å²) in [6, 6.07) is 9.87. The predicted molar refractivity (Wildman–Crippen MR) is 133 cm³/mol. The number of halogens is 5. The van der Waals surface area contributed by atoms with Crippen molar-refractivity contribution in [3.63, 3.8) is 0 Å². The van der Waals surface area contributed by atoms with Crippen molar-refractivity contribution in [3.8, 4) is 11.3 Å². The summed E-state index contributed by atoms with van der Waals surface area (Å²) in [6.45, 7) is 0. The monoisotopic (exact) mass is 557 g/mol. The van der Waals surface area contributed by atoms with E-state index in [1.807, 2.05) is 0 Å². The molecule has 0 saturated carbocycles. The number of fused-ring (bicyclic) bond motifs is 1. The van der Waals surface area contributed by atoms with Crippen LogP contribution in [0.4, 0.5) is 17.6 Å². The first-order valence-electron chi connectivity index (χ1n) is 10.5. The molecule has 1 heterocycles. The molecule has 0 spiro atoms. The number of carbonyl (C=O) groups excluding carboxylic acids is 2. The first-order valence-corrected chi connectivity index (χ1v) is 10.9. The van der Waals surface area contributed by atoms with E-state index in [0.29, 0.717) is 10.7 Å². The molecule has 0 unspecified atom stereocenters. The Bertz CT molecular complexity index is 1600. The van der Waals surface area contributed by atoms with Crippen LogP contribution in [0.25, 0.3) is 22.2 Å². The Morgan fingerprint density at radius 1 is 1.00 bits per heavy atom. The molecular weight excluding hydrogens is 541 g/mol. The Labute approximate surface area is 239 Å². The molecule has 0 aliphatic heterocycles. The van der Waals surface area contributed by atoms with Gasteiger partial charge in [-0.25, -0.2) is 9.18 Å². The van der Waals surface area contributed by atoms with Crippen LogP contribution >= 0.6 is 11.6 Å². The summed E-state index contributed by atoms with van der Waals surface area (Å²) < 4.78 is 56.7. The van der Waals surface area contributed by atoms with Gasteiger partial charge in [0.05, 0.1) is 27.2 Å². The average Bonchev–Trinajstić information content (AvgIpc) is 3.20. The second-order valence-corrected chi connectivity index (χ2v) is 8.56. The molecule has 0 aliphatic carbocycles. The average molecular weight is 558 g/mol. The minimum atomic E-state index is -4.92. The van der Waals surface area contributed by atoms with E-state index in [1.54, 1.807) is 0 Å². The molecule has 0 atom stereocenters. The fourth-order valence-corrected chi connectivity index (χ4v) is 4.04. The number of nitrogens with zero attached hydrogens (tertiary/aromatic N) is 3. The van der Waals surface area contributed by atoms with Gasteiger partial charge in [0.25, 0.3) is 11.8 Å². The number of aromatic nitrogens is 2. The summed E-state index contributed by atoms with van der Waals surface area (Å²) in [5.74, 6) is -4.08. The van der Waals surface area contributed by atoms with Crippen molar-refractivity contribution in [1.82, 2.24) is 14.7 Å². The van der Waals surface area contributed by atoms with Crippen LogP contribution in [0.2, 0.25) is 5.02 Å². The molecule has 7 nitrogen and oxygen atoms in total. The number of benzene rings is 3. The van der Waals surface area contributed by atoms with Crippen LogP contribution in [0.1, 0.15) is 36.6 Å². The second-order valence-electron chi connectivity index (χ2n) is 8.16. The molecule has 3 aromatic carbocycles. The zero-order valence-corrected chi connectivity index (χ0v) is 19.9. The van der Waals surface area contributed by atoms with Gasteiger partial charge in [0.1, 0.15) is 11.5 Å². The van der Waals surface area contributed by atoms with Crippen molar-refractivity contribution in [2.45, 2.75) is 6.18 Å². The summed E-state index contributed by atoms with van der Waals surface area (Å²) in [6.07, 6.45) is -4.92. The van der Waals surface area contributed by atoms with E-state index in [2.05, 4.69) is 5.10 Å². The molecule has 0 bridgehead atoms. The van der Waals surface area contributed by atoms with E-state index in [1.165, 1.54) is 37.2 Å². The second kappa shape index (κ2) is 10.9. The number of amides is 1. The molecule has 0 fully saturated rings. The van der Waals surface area contributed by atoms with E-state index < -0.39 is 45.9 Å². The number of alkyl halides is 3. The Hall–Kier alpha value is -3.25. The van der Waals surface area contributed by atoms with Gasteiger partial charge in [-0.3, -0.25) is 9.59 Å². The number of hydrogen-bond donors (Lipinski definition) is 1. The van der Waals surface area contributed by atoms with Gasteiger partial charge in [-0.2, -0.15) is 23.0 Å². The Kier molecular flexibility index (Phi) is 8.37. The maximum atomic E-state index is 14.9. The topological polar surface area (TPSA) is 92.5 Å². The van der Waals surface area contributed by atoms with Crippen molar-refractivity contribution in [1.29, 1.82) is 0 Å². The van der Waals surface area contributed by atoms with Crippen molar-refractivity contribution >= 4 is 69.8 Å². The molecule has 0 radical (unpaired) electrons. The zero-order chi connectivity index (χ0) is 27.2. The van der Waals surface area contributed by atoms with Gasteiger partial charge in [-0.05, 0) is 48.5 Å². The van der Waals surface area contributed by atoms with Crippen molar-refractivity contribution < 1.29 is 37.1 Å². The number of carboxylic acid groups (broad SMARTS) is 1. The van der Waals surface area contributed by atoms with Crippen LogP contribution < -0.4 is 0 Å². The van der Waals surface area contributed by atoms with E-state index >= 15 is 0 Å². The third-order valence-corrected chi connectivity index (χ3v) is 5.85. The van der Waals surface area contributed by atoms with E-state index in [4.69, 9.17) is 16.7 Å². The Morgan fingerprint density at radius 3 is 2.24 bits per heavy atom. The normalized spacial score (nSPS) is 11.2. The molecule has 0 aliphatic rings. The first kappa shape index (κ1) is 29.3. The van der Waals surface area contributed by atoms with Crippen LogP contribution in [0.3, 0.4) is 0 Å². The van der Waals surface area contributed by atoms with Crippen molar-refractivity contribution in [2.75, 3.05) is 14.1 Å². The summed E-state index contributed by atoms with van der Waals surface area (Å²) in [5.41, 5.74) is -2.86. The van der Waals surface area contributed by atoms with Crippen molar-refractivity contribution in [2.24, 2.45) is 0 Å². The van der Waals surface area contributed by atoms with Gasteiger partial charge in [-0.15, -0.1) is 0 Å². The van der Waals surface area contributed by atoms with Crippen LogP contribution in [0.5, 0.6) is 0 Å². The van der Waals surface area contributed by atoms with Gasteiger partial charge in [0.15, 0.2) is 0 Å². The number of hydrogen-bond acceptors (Lipinski definition) is 4. The van der Waals surface area contributed by atoms with E-state index in [-0.39, 0.29) is 62.8 Å². The molecule has 4 rings (SSSR count). The van der Waals surface area contributed by atoms with Gasteiger partial charge in [0.2, 0.25) is 0 Å². The molecule has 4 aromatic rings. The molecule has 1 amide bonds. The maximum absolute atomic E-state index is 14.9. The van der Waals surface area contributed by atoms with Gasteiger partial charge in [-0.1, -0.05) is 17.7 Å². The van der Waals surface area contributed by atoms with Gasteiger partial charge >= 0.3 is 41.7 Å². The number of carbonyl (C=O) groups is 3. The van der Waals surface area contributed by atoms with Crippen LogP contribution in [0, 0.1) is 5.82 Å². The standard InChI is InChI=1S/C25H16ClF4N3O4.Na.H/c1-32(2)22(34)12-6-9-15-19(11-12)33(23(35)20-16(25(28,29)30)4-3-5-17(20)26)31-21(15)14-8-7-13(24(36)37)10-18(14)27;;/h3-11H,1-2H3,(H,36,37);;. The number of aromatic carboxylic acids is 1. The third-order valence-electron chi connectivity index (χ3n) is 5.53. The molecule has 1 N–H and O–H groups in total. The van der Waals surface area contributed by atoms with Crippen LogP contribution in [-0.2, 0) is 6.18 Å². The predicted octanol–water partition coefficient (Wildman–Crippen LogP) is 4.95. The molecule has 13 heteroatoms. The summed E-state index contributed by atoms with van der Waals surface area (Å²) >= 11 is 6.01. The molecule has 1 aromatic heterocycles. The first-order chi connectivity index (χ1) is 17.3. The number of rotatable bonds is 4. The molecule has 0 saturated heterocycles. The SMILES string of the molecule is CN(C)C(=O)c1ccc2c(-c3ccc(C(=O)O)cc3F)nn(C(=O)c3c(Cl)cccc3C(F)(F)F)c2c1.[NaH]. The molecule has 38 heavy (non-hydrogen) atoms. The molecular formula is C25H17ClF4N3NaO4. The van der Waals surface area contributed by atoms with Gasteiger partial charge in [0, 0.05) is 30.6 Å². The minimum absolute atomic E-state index is 0. The third kappa shape index (κ3) is 5.32. The number of carboxylic acids is 1. The van der Waals surface area contributed by atoms with Gasteiger partial charge < -0.3 is 10.0 Å². The summed E-state index contributed by atoms with van der Waals surface area (Å²) in [4.78, 5) is 38.5. The van der Waals surface area contributed by atoms with E-state index in [0.717, 1.165) is 30.3 Å². The van der Waals surface area contributed by atoms with Crippen LogP contribution in [0.15, 0.2) is 54.6 Å². The quantitative estimate of drug-likeness (QED) is 0.283. The fraction of sp³-hybridized carbons (Fsp3) is 0.120. The Morgan fingerprint density at radius 2 is 1.66 bits per heavy atom. The van der Waals surface area contributed by atoms with Crippen molar-refractivity contribution in [3.05, 3.63) is 87.7 Å². The summed E-state index contributed by atoms with van der Waals surface area (Å²) in [5, 5.41) is 12.9. The summed E-state index contributed by atoms with van der Waals surface area (Å²) in [7, 11) is 2.97. The molecule has 192 valence electrons. The van der Waals surface area contributed by atoms with E-state index in [9.17, 15) is 31.9 Å². The fourth-order valence-electron chi connectivity index (χ4n) is 3.78.